The number of nitriles is 1. The van der Waals surface area contributed by atoms with E-state index in [0.717, 1.165) is 12.8 Å². The third-order valence-electron chi connectivity index (χ3n) is 2.75. The number of hydrogen-bond donors (Lipinski definition) is 1. The van der Waals surface area contributed by atoms with Gasteiger partial charge in [-0.1, -0.05) is 11.6 Å². The molecule has 0 spiro atoms. The van der Waals surface area contributed by atoms with E-state index in [1.54, 1.807) is 0 Å². The van der Waals surface area contributed by atoms with E-state index in [4.69, 9.17) is 16.9 Å². The Morgan fingerprint density at radius 3 is 2.59 bits per heavy atom. The van der Waals surface area contributed by atoms with Crippen LogP contribution in [0.3, 0.4) is 0 Å². The Morgan fingerprint density at radius 1 is 1.47 bits per heavy atom. The van der Waals surface area contributed by atoms with Crippen LogP contribution in [-0.2, 0) is 10.0 Å². The number of halogens is 1. The van der Waals surface area contributed by atoms with Gasteiger partial charge in [-0.15, -0.1) is 0 Å². The summed E-state index contributed by atoms with van der Waals surface area (Å²) in [6.45, 7) is 1.86. The van der Waals surface area contributed by atoms with Crippen LogP contribution in [0.2, 0.25) is 5.02 Å². The molecule has 0 unspecified atom stereocenters. The minimum absolute atomic E-state index is 0.0922. The molecule has 0 aromatic heterocycles. The molecular formula is C11H11ClN2O2S. The first-order valence-corrected chi connectivity index (χ1v) is 6.96. The molecule has 17 heavy (non-hydrogen) atoms. The largest absolute Gasteiger partial charge is 0.241 e. The molecule has 0 atom stereocenters. The average molecular weight is 271 g/mol. The fourth-order valence-electron chi connectivity index (χ4n) is 1.43. The Balaban J connectivity index is 2.34. The second-order valence-electron chi connectivity index (χ2n) is 4.42. The second kappa shape index (κ2) is 3.98. The van der Waals surface area contributed by atoms with Gasteiger partial charge in [0.1, 0.15) is 6.07 Å². The number of rotatable bonds is 3. The summed E-state index contributed by atoms with van der Waals surface area (Å²) in [6.07, 6.45) is 1.69. The van der Waals surface area contributed by atoms with Gasteiger partial charge in [0.2, 0.25) is 10.0 Å². The van der Waals surface area contributed by atoms with E-state index >= 15 is 0 Å². The summed E-state index contributed by atoms with van der Waals surface area (Å²) in [5.41, 5.74) is -0.0533. The predicted octanol–water partition coefficient (Wildman–Crippen LogP) is 2.04. The molecule has 1 saturated carbocycles. The van der Waals surface area contributed by atoms with Gasteiger partial charge in [-0.3, -0.25) is 0 Å². The highest BCUT2D eigenvalue weighted by molar-refractivity contribution is 7.89. The molecule has 1 aliphatic carbocycles. The average Bonchev–Trinajstić information content (AvgIpc) is 2.94. The van der Waals surface area contributed by atoms with Crippen molar-refractivity contribution in [3.63, 3.8) is 0 Å². The zero-order valence-corrected chi connectivity index (χ0v) is 10.8. The van der Waals surface area contributed by atoms with Gasteiger partial charge in [-0.25, -0.2) is 13.1 Å². The summed E-state index contributed by atoms with van der Waals surface area (Å²) in [6, 6.07) is 5.98. The van der Waals surface area contributed by atoms with Crippen molar-refractivity contribution in [2.75, 3.05) is 0 Å². The van der Waals surface area contributed by atoms with Gasteiger partial charge >= 0.3 is 0 Å². The van der Waals surface area contributed by atoms with E-state index in [1.807, 2.05) is 13.0 Å². The molecule has 0 radical (unpaired) electrons. The molecule has 0 heterocycles. The van der Waals surface area contributed by atoms with Crippen molar-refractivity contribution in [3.8, 4) is 6.07 Å². The minimum Gasteiger partial charge on any atom is -0.207 e. The van der Waals surface area contributed by atoms with Crippen LogP contribution in [0.4, 0.5) is 0 Å². The highest BCUT2D eigenvalue weighted by atomic mass is 35.5. The Morgan fingerprint density at radius 2 is 2.12 bits per heavy atom. The lowest BCUT2D eigenvalue weighted by Gasteiger charge is -2.12. The molecule has 1 N–H and O–H groups in total. The van der Waals surface area contributed by atoms with Crippen molar-refractivity contribution in [1.29, 1.82) is 5.26 Å². The second-order valence-corrected chi connectivity index (χ2v) is 6.51. The van der Waals surface area contributed by atoms with Gasteiger partial charge in [0, 0.05) is 5.54 Å². The van der Waals surface area contributed by atoms with Crippen molar-refractivity contribution >= 4 is 21.6 Å². The minimum atomic E-state index is -3.55. The lowest BCUT2D eigenvalue weighted by Crippen LogP contribution is -2.34. The molecule has 1 aromatic carbocycles. The quantitative estimate of drug-likeness (QED) is 0.914. The highest BCUT2D eigenvalue weighted by Gasteiger charge is 2.41. The Labute approximate surface area is 105 Å². The van der Waals surface area contributed by atoms with Crippen LogP contribution in [0, 0.1) is 11.3 Å². The molecule has 90 valence electrons. The van der Waals surface area contributed by atoms with Crippen molar-refractivity contribution in [3.05, 3.63) is 28.8 Å². The van der Waals surface area contributed by atoms with Gasteiger partial charge in [0.25, 0.3) is 0 Å². The molecule has 4 nitrogen and oxygen atoms in total. The zero-order valence-electron chi connectivity index (χ0n) is 9.20. The summed E-state index contributed by atoms with van der Waals surface area (Å²) in [5.74, 6) is 0. The Hall–Kier alpha value is -1.09. The van der Waals surface area contributed by atoms with Crippen LogP contribution < -0.4 is 4.72 Å². The van der Waals surface area contributed by atoms with Gasteiger partial charge < -0.3 is 0 Å². The number of sulfonamides is 1. The third kappa shape index (κ3) is 2.60. The fourth-order valence-corrected chi connectivity index (χ4v) is 3.20. The first-order chi connectivity index (χ1) is 7.86. The Bertz CT molecular complexity index is 600. The van der Waals surface area contributed by atoms with Gasteiger partial charge in [-0.05, 0) is 38.0 Å². The number of benzene rings is 1. The van der Waals surface area contributed by atoms with E-state index in [2.05, 4.69) is 4.72 Å². The molecule has 1 aromatic rings. The summed E-state index contributed by atoms with van der Waals surface area (Å²) in [5, 5.41) is 8.86. The number of hydrogen-bond acceptors (Lipinski definition) is 3. The summed E-state index contributed by atoms with van der Waals surface area (Å²) in [7, 11) is -3.55. The van der Waals surface area contributed by atoms with Crippen molar-refractivity contribution in [2.24, 2.45) is 0 Å². The van der Waals surface area contributed by atoms with Gasteiger partial charge in [0.05, 0.1) is 15.5 Å². The molecule has 6 heteroatoms. The standard InChI is InChI=1S/C11H11ClN2O2S/c1-11(4-5-11)14-17(15,16)9-3-2-8(7-13)10(12)6-9/h2-3,6,14H,4-5H2,1H3. The van der Waals surface area contributed by atoms with E-state index in [-0.39, 0.29) is 21.0 Å². The van der Waals surface area contributed by atoms with Crippen LogP contribution >= 0.6 is 11.6 Å². The van der Waals surface area contributed by atoms with E-state index in [0.29, 0.717) is 0 Å². The third-order valence-corrected chi connectivity index (χ3v) is 4.70. The maximum Gasteiger partial charge on any atom is 0.241 e. The molecule has 0 amide bonds. The topological polar surface area (TPSA) is 70.0 Å². The van der Waals surface area contributed by atoms with Crippen molar-refractivity contribution < 1.29 is 8.42 Å². The monoisotopic (exact) mass is 270 g/mol. The number of nitrogens with one attached hydrogen (secondary N) is 1. The zero-order chi connectivity index (χ0) is 12.7. The maximum absolute atomic E-state index is 12.0. The van der Waals surface area contributed by atoms with E-state index in [9.17, 15) is 8.42 Å². The number of nitrogens with zero attached hydrogens (tertiary/aromatic N) is 1. The van der Waals surface area contributed by atoms with Crippen LogP contribution in [0.15, 0.2) is 23.1 Å². The van der Waals surface area contributed by atoms with Crippen LogP contribution in [-0.4, -0.2) is 14.0 Å². The first kappa shape index (κ1) is 12.4. The molecule has 1 aliphatic rings. The SMILES string of the molecule is CC1(NS(=O)(=O)c2ccc(C#N)c(Cl)c2)CC1. The molecule has 0 bridgehead atoms. The van der Waals surface area contributed by atoms with Gasteiger partial charge in [0.15, 0.2) is 0 Å². The Kier molecular flexibility index (Phi) is 2.90. The van der Waals surface area contributed by atoms with Crippen molar-refractivity contribution in [1.82, 2.24) is 4.72 Å². The van der Waals surface area contributed by atoms with Crippen LogP contribution in [0.5, 0.6) is 0 Å². The molecule has 0 saturated heterocycles. The summed E-state index contributed by atoms with van der Waals surface area (Å²) >= 11 is 5.81. The van der Waals surface area contributed by atoms with Gasteiger partial charge in [-0.2, -0.15) is 5.26 Å². The predicted molar refractivity (Wildman–Crippen MR) is 64.1 cm³/mol. The lowest BCUT2D eigenvalue weighted by molar-refractivity contribution is 0.558. The lowest BCUT2D eigenvalue weighted by atomic mass is 10.2. The van der Waals surface area contributed by atoms with E-state index < -0.39 is 10.0 Å². The summed E-state index contributed by atoms with van der Waals surface area (Å²) < 4.78 is 26.6. The molecule has 0 aliphatic heterocycles. The van der Waals surface area contributed by atoms with Crippen molar-refractivity contribution in [2.45, 2.75) is 30.2 Å². The molecule has 2 rings (SSSR count). The maximum atomic E-state index is 12.0. The summed E-state index contributed by atoms with van der Waals surface area (Å²) in [4.78, 5) is 0.0922. The smallest absolute Gasteiger partial charge is 0.207 e. The first-order valence-electron chi connectivity index (χ1n) is 5.10. The van der Waals surface area contributed by atoms with Crippen LogP contribution in [0.1, 0.15) is 25.3 Å². The van der Waals surface area contributed by atoms with Crippen LogP contribution in [0.25, 0.3) is 0 Å². The highest BCUT2D eigenvalue weighted by Crippen LogP contribution is 2.36. The molecule has 1 fully saturated rings. The van der Waals surface area contributed by atoms with E-state index in [1.165, 1.54) is 18.2 Å². The fraction of sp³-hybridized carbons (Fsp3) is 0.364. The normalized spacial score (nSPS) is 17.5. The molecular weight excluding hydrogens is 260 g/mol.